The van der Waals surface area contributed by atoms with Crippen molar-refractivity contribution in [1.29, 1.82) is 0 Å². The van der Waals surface area contributed by atoms with Gasteiger partial charge in [-0.05, 0) is 34.1 Å². The van der Waals surface area contributed by atoms with Crippen molar-refractivity contribution in [2.24, 2.45) is 5.84 Å². The lowest BCUT2D eigenvalue weighted by molar-refractivity contribution is 0.0953. The Morgan fingerprint density at radius 3 is 2.83 bits per heavy atom. The lowest BCUT2D eigenvalue weighted by Gasteiger charge is -2.02. The first kappa shape index (κ1) is 9.51. The highest BCUT2D eigenvalue weighted by Gasteiger charge is 2.07. The molecule has 0 aromatic heterocycles. The van der Waals surface area contributed by atoms with Crippen molar-refractivity contribution in [3.05, 3.63) is 33.3 Å². The Bertz CT molecular complexity index is 316. The Labute approximate surface area is 83.0 Å². The normalized spacial score (nSPS) is 9.58. The van der Waals surface area contributed by atoms with Crippen molar-refractivity contribution < 1.29 is 4.79 Å². The van der Waals surface area contributed by atoms with Crippen LogP contribution in [0.5, 0.6) is 0 Å². The molecule has 0 saturated carbocycles. The van der Waals surface area contributed by atoms with Crippen LogP contribution >= 0.6 is 27.5 Å². The molecule has 1 amide bonds. The zero-order valence-electron chi connectivity index (χ0n) is 5.97. The molecule has 0 bridgehead atoms. The van der Waals surface area contributed by atoms with Crippen molar-refractivity contribution in [2.75, 3.05) is 0 Å². The van der Waals surface area contributed by atoms with E-state index in [-0.39, 0.29) is 5.91 Å². The molecular formula is C7H6BrClN2O. The molecule has 0 heterocycles. The number of hydrazine groups is 1. The number of nitrogens with one attached hydrogen (secondary N) is 1. The van der Waals surface area contributed by atoms with Crippen LogP contribution in [-0.2, 0) is 0 Å². The number of rotatable bonds is 1. The van der Waals surface area contributed by atoms with Crippen LogP contribution in [0.3, 0.4) is 0 Å². The third-order valence-electron chi connectivity index (χ3n) is 1.30. The summed E-state index contributed by atoms with van der Waals surface area (Å²) in [5, 5.41) is 0.497. The van der Waals surface area contributed by atoms with Crippen LogP contribution in [0.4, 0.5) is 0 Å². The Morgan fingerprint density at radius 2 is 2.25 bits per heavy atom. The monoisotopic (exact) mass is 248 g/mol. The number of carbonyl (C=O) groups is 1. The maximum absolute atomic E-state index is 11.1. The smallest absolute Gasteiger partial charge is 0.266 e. The Hall–Kier alpha value is -0.580. The van der Waals surface area contributed by atoms with E-state index in [2.05, 4.69) is 15.9 Å². The average Bonchev–Trinajstić information content (AvgIpc) is 2.08. The maximum Gasteiger partial charge on any atom is 0.266 e. The van der Waals surface area contributed by atoms with Crippen molar-refractivity contribution in [3.63, 3.8) is 0 Å². The van der Waals surface area contributed by atoms with E-state index in [1.54, 1.807) is 12.1 Å². The highest BCUT2D eigenvalue weighted by molar-refractivity contribution is 9.10. The summed E-state index contributed by atoms with van der Waals surface area (Å²) in [4.78, 5) is 11.1. The predicted molar refractivity (Wildman–Crippen MR) is 50.8 cm³/mol. The summed E-state index contributed by atoms with van der Waals surface area (Å²) in [6.07, 6.45) is 0. The molecule has 0 aliphatic carbocycles. The highest BCUT2D eigenvalue weighted by atomic mass is 79.9. The molecule has 1 aromatic carbocycles. The van der Waals surface area contributed by atoms with Crippen molar-refractivity contribution >= 4 is 33.4 Å². The fourth-order valence-corrected chi connectivity index (χ4v) is 1.35. The second-order valence-electron chi connectivity index (χ2n) is 2.10. The number of nitrogens with two attached hydrogens (primary N) is 1. The molecule has 12 heavy (non-hydrogen) atoms. The van der Waals surface area contributed by atoms with Gasteiger partial charge in [0.05, 0.1) is 5.56 Å². The van der Waals surface area contributed by atoms with Crippen LogP contribution < -0.4 is 11.3 Å². The van der Waals surface area contributed by atoms with Gasteiger partial charge in [-0.2, -0.15) is 0 Å². The number of amides is 1. The third-order valence-corrected chi connectivity index (χ3v) is 2.23. The first-order chi connectivity index (χ1) is 5.65. The summed E-state index contributed by atoms with van der Waals surface area (Å²) in [7, 11) is 0. The van der Waals surface area contributed by atoms with Crippen LogP contribution in [0.15, 0.2) is 22.7 Å². The third kappa shape index (κ3) is 1.97. The topological polar surface area (TPSA) is 55.1 Å². The summed E-state index contributed by atoms with van der Waals surface area (Å²) in [6.45, 7) is 0. The van der Waals surface area contributed by atoms with E-state index in [0.29, 0.717) is 15.1 Å². The van der Waals surface area contributed by atoms with Gasteiger partial charge in [0.2, 0.25) is 0 Å². The van der Waals surface area contributed by atoms with Gasteiger partial charge < -0.3 is 0 Å². The second-order valence-corrected chi connectivity index (χ2v) is 3.39. The molecule has 0 aliphatic rings. The summed E-state index contributed by atoms with van der Waals surface area (Å²) in [5.74, 6) is 4.59. The molecule has 3 nitrogen and oxygen atoms in total. The summed E-state index contributed by atoms with van der Waals surface area (Å²) in [6, 6.07) is 4.90. The van der Waals surface area contributed by atoms with Gasteiger partial charge in [-0.3, -0.25) is 10.2 Å². The molecule has 3 N–H and O–H groups in total. The van der Waals surface area contributed by atoms with Gasteiger partial charge in [-0.15, -0.1) is 0 Å². The van der Waals surface area contributed by atoms with Crippen molar-refractivity contribution in [1.82, 2.24) is 5.43 Å². The standard InChI is InChI=1S/C7H6BrClN2O/c8-6-2-1-4(9)3-5(6)7(12)11-10/h1-3H,10H2,(H,11,12). The number of nitrogen functional groups attached to an aromatic ring is 1. The van der Waals surface area contributed by atoms with Gasteiger partial charge in [0.15, 0.2) is 0 Å². The maximum atomic E-state index is 11.1. The minimum atomic E-state index is -0.371. The van der Waals surface area contributed by atoms with E-state index in [0.717, 1.165) is 0 Å². The van der Waals surface area contributed by atoms with E-state index in [9.17, 15) is 4.79 Å². The number of halogens is 2. The van der Waals surface area contributed by atoms with Gasteiger partial charge >= 0.3 is 0 Å². The van der Waals surface area contributed by atoms with Crippen LogP contribution in [0, 0.1) is 0 Å². The first-order valence-corrected chi connectivity index (χ1v) is 4.28. The molecule has 5 heteroatoms. The molecule has 1 aromatic rings. The van der Waals surface area contributed by atoms with Crippen LogP contribution in [0.1, 0.15) is 10.4 Å². The van der Waals surface area contributed by atoms with Crippen molar-refractivity contribution in [3.8, 4) is 0 Å². The Kier molecular flexibility index (Phi) is 3.08. The fraction of sp³-hybridized carbons (Fsp3) is 0. The SMILES string of the molecule is NNC(=O)c1cc(Cl)ccc1Br. The predicted octanol–water partition coefficient (Wildman–Crippen LogP) is 1.71. The minimum absolute atomic E-state index is 0.371. The van der Waals surface area contributed by atoms with Gasteiger partial charge in [0, 0.05) is 9.50 Å². The molecule has 0 unspecified atom stereocenters. The quantitative estimate of drug-likeness (QED) is 0.452. The Morgan fingerprint density at radius 1 is 1.58 bits per heavy atom. The van der Waals surface area contributed by atoms with Gasteiger partial charge in [0.1, 0.15) is 0 Å². The number of benzene rings is 1. The number of hydrogen-bond donors (Lipinski definition) is 2. The summed E-state index contributed by atoms with van der Waals surface area (Å²) in [5.41, 5.74) is 2.44. The Balaban J connectivity index is 3.13. The van der Waals surface area contributed by atoms with E-state index >= 15 is 0 Å². The number of carbonyl (C=O) groups excluding carboxylic acids is 1. The molecule has 1 rings (SSSR count). The molecule has 0 saturated heterocycles. The van der Waals surface area contributed by atoms with E-state index in [1.807, 2.05) is 5.43 Å². The van der Waals surface area contributed by atoms with Crippen LogP contribution in [0.25, 0.3) is 0 Å². The molecule has 0 spiro atoms. The highest BCUT2D eigenvalue weighted by Crippen LogP contribution is 2.20. The number of hydrogen-bond acceptors (Lipinski definition) is 2. The van der Waals surface area contributed by atoms with E-state index in [4.69, 9.17) is 17.4 Å². The second kappa shape index (κ2) is 3.89. The zero-order chi connectivity index (χ0) is 9.14. The molecular weight excluding hydrogens is 243 g/mol. The first-order valence-electron chi connectivity index (χ1n) is 3.11. The largest absolute Gasteiger partial charge is 0.290 e. The van der Waals surface area contributed by atoms with Gasteiger partial charge in [-0.25, -0.2) is 5.84 Å². The van der Waals surface area contributed by atoms with Crippen LogP contribution in [0.2, 0.25) is 5.02 Å². The lowest BCUT2D eigenvalue weighted by atomic mass is 10.2. The summed E-state index contributed by atoms with van der Waals surface area (Å²) < 4.78 is 0.662. The average molecular weight is 249 g/mol. The van der Waals surface area contributed by atoms with Crippen LogP contribution in [-0.4, -0.2) is 5.91 Å². The summed E-state index contributed by atoms with van der Waals surface area (Å²) >= 11 is 8.87. The molecule has 0 radical (unpaired) electrons. The molecule has 0 atom stereocenters. The molecule has 0 aliphatic heterocycles. The van der Waals surface area contributed by atoms with Crippen molar-refractivity contribution in [2.45, 2.75) is 0 Å². The molecule has 0 fully saturated rings. The van der Waals surface area contributed by atoms with Gasteiger partial charge in [-0.1, -0.05) is 11.6 Å². The minimum Gasteiger partial charge on any atom is -0.290 e. The zero-order valence-corrected chi connectivity index (χ0v) is 8.32. The van der Waals surface area contributed by atoms with E-state index < -0.39 is 0 Å². The van der Waals surface area contributed by atoms with E-state index in [1.165, 1.54) is 6.07 Å². The fourth-order valence-electron chi connectivity index (χ4n) is 0.749. The van der Waals surface area contributed by atoms with Gasteiger partial charge in [0.25, 0.3) is 5.91 Å². The molecule has 64 valence electrons. The lowest BCUT2D eigenvalue weighted by Crippen LogP contribution is -2.30.